The number of nitro groups is 1. The second-order valence-corrected chi connectivity index (χ2v) is 4.24. The monoisotopic (exact) mass is 269 g/mol. The van der Waals surface area contributed by atoms with Gasteiger partial charge in [0.25, 0.3) is 11.6 Å². The maximum absolute atomic E-state index is 11.8. The number of nitrogens with zero attached hydrogens (tertiary/aromatic N) is 2. The Hall–Kier alpha value is -2.38. The molecular weight excluding hydrogens is 254 g/mol. The summed E-state index contributed by atoms with van der Waals surface area (Å²) in [5.41, 5.74) is 0.00114. The number of amides is 1. The van der Waals surface area contributed by atoms with Gasteiger partial charge in [0.2, 0.25) is 0 Å². The molecule has 2 N–H and O–H groups in total. The Morgan fingerprint density at radius 2 is 2.21 bits per heavy atom. The lowest BCUT2D eigenvalue weighted by molar-refractivity contribution is -0.384. The fraction of sp³-hybridized carbons (Fsp3) is 0.455. The van der Waals surface area contributed by atoms with Crippen molar-refractivity contribution in [2.45, 2.75) is 13.3 Å². The number of carbonyl (C=O) groups is 2. The van der Waals surface area contributed by atoms with Crippen molar-refractivity contribution in [3.05, 3.63) is 28.1 Å². The molecule has 0 bridgehead atoms. The highest BCUT2D eigenvalue weighted by Gasteiger charge is 2.18. The highest BCUT2D eigenvalue weighted by molar-refractivity contribution is 5.93. The molecular formula is C11H15N3O5. The van der Waals surface area contributed by atoms with Crippen molar-refractivity contribution in [1.82, 2.24) is 9.88 Å². The van der Waals surface area contributed by atoms with E-state index in [-0.39, 0.29) is 17.9 Å². The molecule has 0 saturated heterocycles. The molecule has 8 heteroatoms. The van der Waals surface area contributed by atoms with Gasteiger partial charge >= 0.3 is 5.97 Å². The molecule has 0 saturated carbocycles. The van der Waals surface area contributed by atoms with Gasteiger partial charge in [0.15, 0.2) is 0 Å². The van der Waals surface area contributed by atoms with Gasteiger partial charge in [-0.3, -0.25) is 19.7 Å². The van der Waals surface area contributed by atoms with Crippen molar-refractivity contribution in [3.8, 4) is 0 Å². The van der Waals surface area contributed by atoms with Crippen LogP contribution in [0.4, 0.5) is 5.69 Å². The van der Waals surface area contributed by atoms with E-state index in [0.717, 1.165) is 0 Å². The summed E-state index contributed by atoms with van der Waals surface area (Å²) in [6, 6.07) is 1.18. The van der Waals surface area contributed by atoms with Gasteiger partial charge in [0, 0.05) is 19.7 Å². The molecule has 19 heavy (non-hydrogen) atoms. The van der Waals surface area contributed by atoms with Crippen molar-refractivity contribution in [2.75, 3.05) is 6.54 Å². The molecule has 0 aromatic carbocycles. The predicted octanol–water partition coefficient (Wildman–Crippen LogP) is 0.774. The molecule has 0 spiro atoms. The average Bonchev–Trinajstić information content (AvgIpc) is 2.71. The van der Waals surface area contributed by atoms with Crippen molar-refractivity contribution in [3.63, 3.8) is 0 Å². The molecule has 1 unspecified atom stereocenters. The molecule has 1 rings (SSSR count). The summed E-state index contributed by atoms with van der Waals surface area (Å²) in [6.07, 6.45) is 1.54. The van der Waals surface area contributed by atoms with Crippen molar-refractivity contribution in [1.29, 1.82) is 0 Å². The zero-order chi connectivity index (χ0) is 14.6. The first kappa shape index (κ1) is 14.7. The standard InChI is InChI=1S/C11H15N3O5/c1-7(11(16)17)3-4-12-10(15)9-5-8(14(18)19)6-13(9)2/h5-7H,3-4H2,1-2H3,(H,12,15)(H,16,17). The molecule has 0 aliphatic carbocycles. The van der Waals surface area contributed by atoms with Gasteiger partial charge in [-0.2, -0.15) is 0 Å². The van der Waals surface area contributed by atoms with E-state index in [1.165, 1.54) is 23.9 Å². The first-order valence-electron chi connectivity index (χ1n) is 5.64. The quantitative estimate of drug-likeness (QED) is 0.584. The number of hydrogen-bond acceptors (Lipinski definition) is 4. The van der Waals surface area contributed by atoms with E-state index >= 15 is 0 Å². The number of aliphatic carboxylic acids is 1. The second kappa shape index (κ2) is 5.98. The topological polar surface area (TPSA) is 114 Å². The first-order chi connectivity index (χ1) is 8.82. The van der Waals surface area contributed by atoms with E-state index in [9.17, 15) is 19.7 Å². The SMILES string of the molecule is CC(CCNC(=O)c1cc([N+](=O)[O-])cn1C)C(=O)O. The molecule has 104 valence electrons. The smallest absolute Gasteiger partial charge is 0.306 e. The number of aromatic nitrogens is 1. The Kier molecular flexibility index (Phi) is 4.62. The summed E-state index contributed by atoms with van der Waals surface area (Å²) in [6.45, 7) is 1.74. The fourth-order valence-corrected chi connectivity index (χ4v) is 1.49. The Bertz CT molecular complexity index is 508. The van der Waals surface area contributed by atoms with Crippen LogP contribution < -0.4 is 5.32 Å². The molecule has 0 aliphatic heterocycles. The van der Waals surface area contributed by atoms with Crippen molar-refractivity contribution in [2.24, 2.45) is 13.0 Å². The molecule has 1 atom stereocenters. The van der Waals surface area contributed by atoms with E-state index in [1.807, 2.05) is 0 Å². The minimum absolute atomic E-state index is 0.161. The molecule has 1 heterocycles. The van der Waals surface area contributed by atoms with Crippen LogP contribution in [0.15, 0.2) is 12.3 Å². The number of nitrogens with one attached hydrogen (secondary N) is 1. The van der Waals surface area contributed by atoms with Crippen LogP contribution in [0.25, 0.3) is 0 Å². The third-order valence-corrected chi connectivity index (χ3v) is 2.72. The van der Waals surface area contributed by atoms with Crippen molar-refractivity contribution >= 4 is 17.6 Å². The predicted molar refractivity (Wildman–Crippen MR) is 65.8 cm³/mol. The van der Waals surface area contributed by atoms with Crippen molar-refractivity contribution < 1.29 is 19.6 Å². The van der Waals surface area contributed by atoms with E-state index in [1.54, 1.807) is 6.92 Å². The molecule has 8 nitrogen and oxygen atoms in total. The van der Waals surface area contributed by atoms with Gasteiger partial charge < -0.3 is 15.0 Å². The number of hydrogen-bond donors (Lipinski definition) is 2. The molecule has 1 aromatic rings. The maximum atomic E-state index is 11.8. The van der Waals surface area contributed by atoms with Gasteiger partial charge in [0.1, 0.15) is 5.69 Å². The highest BCUT2D eigenvalue weighted by atomic mass is 16.6. The summed E-state index contributed by atoms with van der Waals surface area (Å²) < 4.78 is 1.36. The Labute approximate surface area is 109 Å². The van der Waals surface area contributed by atoms with E-state index < -0.39 is 22.7 Å². The van der Waals surface area contributed by atoms with Crippen LogP contribution in [0.3, 0.4) is 0 Å². The summed E-state index contributed by atoms with van der Waals surface area (Å²) >= 11 is 0. The Morgan fingerprint density at radius 1 is 1.58 bits per heavy atom. The van der Waals surface area contributed by atoms with Gasteiger partial charge in [-0.05, 0) is 6.42 Å². The Balaban J connectivity index is 2.59. The highest BCUT2D eigenvalue weighted by Crippen LogP contribution is 2.15. The van der Waals surface area contributed by atoms with Crippen LogP contribution in [-0.4, -0.2) is 33.0 Å². The summed E-state index contributed by atoms with van der Waals surface area (Å²) in [5.74, 6) is -1.94. The van der Waals surface area contributed by atoms with Crippen LogP contribution in [0.5, 0.6) is 0 Å². The summed E-state index contributed by atoms with van der Waals surface area (Å²) in [5, 5.41) is 21.8. The Morgan fingerprint density at radius 3 is 2.68 bits per heavy atom. The van der Waals surface area contributed by atoms with Crippen LogP contribution in [0.1, 0.15) is 23.8 Å². The van der Waals surface area contributed by atoms with E-state index in [2.05, 4.69) is 5.32 Å². The summed E-state index contributed by atoms with van der Waals surface area (Å²) in [4.78, 5) is 32.3. The average molecular weight is 269 g/mol. The lowest BCUT2D eigenvalue weighted by Gasteiger charge is -2.08. The molecule has 0 radical (unpaired) electrons. The summed E-state index contributed by atoms with van der Waals surface area (Å²) in [7, 11) is 1.53. The van der Waals surface area contributed by atoms with Crippen LogP contribution in [-0.2, 0) is 11.8 Å². The largest absolute Gasteiger partial charge is 0.481 e. The number of carboxylic acid groups (broad SMARTS) is 1. The molecule has 1 aromatic heterocycles. The molecule has 0 aliphatic rings. The fourth-order valence-electron chi connectivity index (χ4n) is 1.49. The first-order valence-corrected chi connectivity index (χ1v) is 5.64. The van der Waals surface area contributed by atoms with Gasteiger partial charge in [-0.15, -0.1) is 0 Å². The van der Waals surface area contributed by atoms with Gasteiger partial charge in [-0.25, -0.2) is 0 Å². The normalized spacial score (nSPS) is 11.9. The van der Waals surface area contributed by atoms with E-state index in [0.29, 0.717) is 6.42 Å². The second-order valence-electron chi connectivity index (χ2n) is 4.24. The third kappa shape index (κ3) is 3.80. The number of aryl methyl sites for hydroxylation is 1. The van der Waals surface area contributed by atoms with Crippen LogP contribution in [0, 0.1) is 16.0 Å². The third-order valence-electron chi connectivity index (χ3n) is 2.72. The zero-order valence-electron chi connectivity index (χ0n) is 10.6. The lowest BCUT2D eigenvalue weighted by Crippen LogP contribution is -2.28. The minimum atomic E-state index is -0.927. The number of rotatable bonds is 6. The maximum Gasteiger partial charge on any atom is 0.306 e. The van der Waals surface area contributed by atoms with Gasteiger partial charge in [-0.1, -0.05) is 6.92 Å². The van der Waals surface area contributed by atoms with E-state index in [4.69, 9.17) is 5.11 Å². The number of carbonyl (C=O) groups excluding carboxylic acids is 1. The van der Waals surface area contributed by atoms with Gasteiger partial charge in [0.05, 0.1) is 17.0 Å². The van der Waals surface area contributed by atoms with Crippen LogP contribution in [0.2, 0.25) is 0 Å². The minimum Gasteiger partial charge on any atom is -0.481 e. The zero-order valence-corrected chi connectivity index (χ0v) is 10.6. The molecule has 1 amide bonds. The van der Waals surface area contributed by atoms with Crippen LogP contribution >= 0.6 is 0 Å². The number of carboxylic acids is 1. The lowest BCUT2D eigenvalue weighted by atomic mass is 10.1. The molecule has 0 fully saturated rings.